The highest BCUT2D eigenvalue weighted by atomic mass is 19.4. The van der Waals surface area contributed by atoms with E-state index in [0.717, 1.165) is 13.1 Å². The molecule has 0 aromatic rings. The van der Waals surface area contributed by atoms with Gasteiger partial charge in [-0.1, -0.05) is 19.3 Å². The Bertz CT molecular complexity index is 320. The van der Waals surface area contributed by atoms with Gasteiger partial charge in [-0.2, -0.15) is 13.2 Å². The maximum Gasteiger partial charge on any atom is 0.389 e. The third-order valence-corrected chi connectivity index (χ3v) is 4.94. The van der Waals surface area contributed by atoms with E-state index in [2.05, 4.69) is 24.1 Å². The molecule has 0 radical (unpaired) electrons. The van der Waals surface area contributed by atoms with Crippen molar-refractivity contribution in [3.8, 4) is 0 Å². The zero-order valence-electron chi connectivity index (χ0n) is 12.7. The van der Waals surface area contributed by atoms with Gasteiger partial charge in [-0.3, -0.25) is 4.90 Å². The zero-order valence-corrected chi connectivity index (χ0v) is 12.7. The lowest BCUT2D eigenvalue weighted by molar-refractivity contribution is -0.137. The van der Waals surface area contributed by atoms with E-state index in [9.17, 15) is 13.2 Å². The third-order valence-electron chi connectivity index (χ3n) is 4.94. The topological polar surface area (TPSA) is 15.3 Å². The van der Waals surface area contributed by atoms with E-state index >= 15 is 0 Å². The molecule has 0 aromatic heterocycles. The standard InChI is InChI=1S/C15H27F3N2/c1-13(2)11-19-14(7-4-3-5-8-14)12-20(13)10-6-9-15(16,17)18/h19H,3-12H2,1-2H3. The first-order chi connectivity index (χ1) is 9.23. The molecule has 2 nitrogen and oxygen atoms in total. The van der Waals surface area contributed by atoms with E-state index in [1.54, 1.807) is 0 Å². The Hall–Kier alpha value is -0.290. The number of rotatable bonds is 3. The first-order valence-electron chi connectivity index (χ1n) is 7.79. The fourth-order valence-electron chi connectivity index (χ4n) is 3.57. The molecule has 0 amide bonds. The summed E-state index contributed by atoms with van der Waals surface area (Å²) in [5.41, 5.74) is 0.111. The van der Waals surface area contributed by atoms with Crippen LogP contribution in [0.5, 0.6) is 0 Å². The Morgan fingerprint density at radius 3 is 2.35 bits per heavy atom. The van der Waals surface area contributed by atoms with Crippen LogP contribution in [-0.2, 0) is 0 Å². The fourth-order valence-corrected chi connectivity index (χ4v) is 3.57. The molecule has 1 aliphatic carbocycles. The van der Waals surface area contributed by atoms with Crippen molar-refractivity contribution in [2.45, 2.75) is 76.0 Å². The highest BCUT2D eigenvalue weighted by molar-refractivity contribution is 5.03. The lowest BCUT2D eigenvalue weighted by Gasteiger charge is -2.53. The van der Waals surface area contributed by atoms with Gasteiger partial charge in [-0.25, -0.2) is 0 Å². The summed E-state index contributed by atoms with van der Waals surface area (Å²) in [7, 11) is 0. The lowest BCUT2D eigenvalue weighted by Crippen LogP contribution is -2.68. The Labute approximate surface area is 120 Å². The summed E-state index contributed by atoms with van der Waals surface area (Å²) >= 11 is 0. The quantitative estimate of drug-likeness (QED) is 0.853. The highest BCUT2D eigenvalue weighted by Crippen LogP contribution is 2.35. The van der Waals surface area contributed by atoms with Crippen LogP contribution in [-0.4, -0.2) is 41.8 Å². The van der Waals surface area contributed by atoms with Crippen molar-refractivity contribution in [2.24, 2.45) is 0 Å². The Morgan fingerprint density at radius 1 is 1.10 bits per heavy atom. The van der Waals surface area contributed by atoms with Crippen LogP contribution < -0.4 is 5.32 Å². The molecule has 5 heteroatoms. The minimum Gasteiger partial charge on any atom is -0.308 e. The molecular formula is C15H27F3N2. The van der Waals surface area contributed by atoms with Crippen LogP contribution in [0.3, 0.4) is 0 Å². The van der Waals surface area contributed by atoms with Crippen molar-refractivity contribution in [3.63, 3.8) is 0 Å². The molecule has 0 unspecified atom stereocenters. The van der Waals surface area contributed by atoms with E-state index in [4.69, 9.17) is 0 Å². The van der Waals surface area contributed by atoms with Crippen LogP contribution in [0.15, 0.2) is 0 Å². The molecule has 0 atom stereocenters. The van der Waals surface area contributed by atoms with Crippen molar-refractivity contribution >= 4 is 0 Å². The second-order valence-electron chi connectivity index (χ2n) is 7.15. The number of nitrogens with one attached hydrogen (secondary N) is 1. The molecule has 1 heterocycles. The number of halogens is 3. The van der Waals surface area contributed by atoms with Crippen molar-refractivity contribution in [1.29, 1.82) is 0 Å². The molecule has 1 N–H and O–H groups in total. The molecule has 20 heavy (non-hydrogen) atoms. The van der Waals surface area contributed by atoms with Gasteiger partial charge in [0, 0.05) is 30.6 Å². The summed E-state index contributed by atoms with van der Waals surface area (Å²) < 4.78 is 37.0. The first kappa shape index (κ1) is 16.1. The molecule has 1 spiro atoms. The Kier molecular flexibility index (Phi) is 4.69. The summed E-state index contributed by atoms with van der Waals surface area (Å²) in [6, 6.07) is 0. The predicted octanol–water partition coefficient (Wildman–Crippen LogP) is 3.72. The summed E-state index contributed by atoms with van der Waals surface area (Å²) in [4.78, 5) is 2.28. The molecule has 1 aliphatic heterocycles. The SMILES string of the molecule is CC1(C)CNC2(CCCCC2)CN1CCCC(F)(F)F. The second-order valence-corrected chi connectivity index (χ2v) is 7.15. The maximum absolute atomic E-state index is 12.3. The van der Waals surface area contributed by atoms with Crippen LogP contribution in [0.2, 0.25) is 0 Å². The first-order valence-corrected chi connectivity index (χ1v) is 7.79. The van der Waals surface area contributed by atoms with E-state index in [-0.39, 0.29) is 17.5 Å². The van der Waals surface area contributed by atoms with Crippen LogP contribution in [0.4, 0.5) is 13.2 Å². The molecule has 1 saturated heterocycles. The zero-order chi connectivity index (χ0) is 14.9. The number of alkyl halides is 3. The van der Waals surface area contributed by atoms with Crippen molar-refractivity contribution in [3.05, 3.63) is 0 Å². The van der Waals surface area contributed by atoms with Gasteiger partial charge < -0.3 is 5.32 Å². The number of hydrogen-bond acceptors (Lipinski definition) is 2. The lowest BCUT2D eigenvalue weighted by atomic mass is 9.77. The molecule has 2 fully saturated rings. The van der Waals surface area contributed by atoms with E-state index < -0.39 is 12.6 Å². The molecule has 118 valence electrons. The van der Waals surface area contributed by atoms with Crippen molar-refractivity contribution in [1.82, 2.24) is 10.2 Å². The predicted molar refractivity (Wildman–Crippen MR) is 74.8 cm³/mol. The normalized spacial score (nSPS) is 26.9. The van der Waals surface area contributed by atoms with Gasteiger partial charge in [0.15, 0.2) is 0 Å². The molecule has 1 saturated carbocycles. The smallest absolute Gasteiger partial charge is 0.308 e. The minimum absolute atomic E-state index is 0.0473. The Morgan fingerprint density at radius 2 is 1.75 bits per heavy atom. The highest BCUT2D eigenvalue weighted by Gasteiger charge is 2.43. The molecule has 0 bridgehead atoms. The maximum atomic E-state index is 12.3. The summed E-state index contributed by atoms with van der Waals surface area (Å²) in [6.07, 6.45) is 1.62. The average Bonchev–Trinajstić information content (AvgIpc) is 2.34. The number of hydrogen-bond donors (Lipinski definition) is 1. The van der Waals surface area contributed by atoms with Gasteiger partial charge in [0.1, 0.15) is 0 Å². The second kappa shape index (κ2) is 5.84. The van der Waals surface area contributed by atoms with Crippen LogP contribution >= 0.6 is 0 Å². The van der Waals surface area contributed by atoms with Crippen LogP contribution in [0.25, 0.3) is 0 Å². The number of nitrogens with zero attached hydrogens (tertiary/aromatic N) is 1. The van der Waals surface area contributed by atoms with Gasteiger partial charge in [0.05, 0.1) is 0 Å². The third kappa shape index (κ3) is 4.10. The van der Waals surface area contributed by atoms with Gasteiger partial charge in [-0.15, -0.1) is 0 Å². The largest absolute Gasteiger partial charge is 0.389 e. The van der Waals surface area contributed by atoms with E-state index in [1.807, 2.05) is 0 Å². The van der Waals surface area contributed by atoms with Gasteiger partial charge >= 0.3 is 6.18 Å². The average molecular weight is 292 g/mol. The van der Waals surface area contributed by atoms with Crippen molar-refractivity contribution in [2.75, 3.05) is 19.6 Å². The Balaban J connectivity index is 1.93. The monoisotopic (exact) mass is 292 g/mol. The fraction of sp³-hybridized carbons (Fsp3) is 1.00. The van der Waals surface area contributed by atoms with E-state index in [0.29, 0.717) is 6.54 Å². The number of piperazine rings is 1. The summed E-state index contributed by atoms with van der Waals surface area (Å²) in [5.74, 6) is 0. The minimum atomic E-state index is -4.03. The summed E-state index contributed by atoms with van der Waals surface area (Å²) in [5, 5.41) is 3.70. The molecule has 2 aliphatic rings. The van der Waals surface area contributed by atoms with Crippen LogP contribution in [0.1, 0.15) is 58.8 Å². The van der Waals surface area contributed by atoms with Crippen LogP contribution in [0, 0.1) is 0 Å². The van der Waals surface area contributed by atoms with Gasteiger partial charge in [0.25, 0.3) is 0 Å². The summed E-state index contributed by atoms with van der Waals surface area (Å²) in [6.45, 7) is 6.58. The molecule has 2 rings (SSSR count). The molecular weight excluding hydrogens is 265 g/mol. The van der Waals surface area contributed by atoms with Gasteiger partial charge in [0.2, 0.25) is 0 Å². The molecule has 0 aromatic carbocycles. The van der Waals surface area contributed by atoms with Crippen molar-refractivity contribution < 1.29 is 13.2 Å². The van der Waals surface area contributed by atoms with E-state index in [1.165, 1.54) is 32.1 Å². The van der Waals surface area contributed by atoms with Gasteiger partial charge in [-0.05, 0) is 39.7 Å².